The number of H-pyrrole nitrogens is 1. The molecule has 7 nitrogen and oxygen atoms in total. The standard InChI is InChI=1S/C18H20N2O5/c1-18(2)24-16(21)13(17(22)25-18)15-14-10(6-7-19-15)11-8-9(23-3)4-5-12(11)20-14/h4-5,8,15,19-21H,6-7H2,1-3H3/p+1/t15-/m0/s1. The minimum atomic E-state index is -1.17. The number of rotatable bonds is 2. The zero-order valence-electron chi connectivity index (χ0n) is 14.4. The maximum Gasteiger partial charge on any atom is 0.351 e. The predicted molar refractivity (Wildman–Crippen MR) is 89.0 cm³/mol. The summed E-state index contributed by atoms with van der Waals surface area (Å²) in [7, 11) is 1.64. The molecule has 0 bridgehead atoms. The minimum Gasteiger partial charge on any atom is -0.497 e. The van der Waals surface area contributed by atoms with Gasteiger partial charge in [-0.15, -0.1) is 0 Å². The molecule has 0 aliphatic carbocycles. The van der Waals surface area contributed by atoms with Crippen molar-refractivity contribution in [2.45, 2.75) is 32.1 Å². The number of methoxy groups -OCH3 is 1. The minimum absolute atomic E-state index is 0.138. The molecular weight excluding hydrogens is 324 g/mol. The zero-order chi connectivity index (χ0) is 17.8. The fourth-order valence-electron chi connectivity index (χ4n) is 3.62. The molecule has 2 aliphatic rings. The normalized spacial score (nSPS) is 22.4. The van der Waals surface area contributed by atoms with E-state index in [9.17, 15) is 9.90 Å². The number of hydrogen-bond donors (Lipinski definition) is 3. The van der Waals surface area contributed by atoms with E-state index in [-0.39, 0.29) is 11.5 Å². The van der Waals surface area contributed by atoms with E-state index in [0.29, 0.717) is 0 Å². The Morgan fingerprint density at radius 3 is 2.88 bits per heavy atom. The van der Waals surface area contributed by atoms with Crippen LogP contribution >= 0.6 is 0 Å². The van der Waals surface area contributed by atoms with Gasteiger partial charge in [-0.25, -0.2) is 4.79 Å². The van der Waals surface area contributed by atoms with E-state index in [1.807, 2.05) is 23.5 Å². The van der Waals surface area contributed by atoms with Crippen LogP contribution in [-0.4, -0.2) is 35.5 Å². The van der Waals surface area contributed by atoms with Crippen molar-refractivity contribution in [3.05, 3.63) is 41.0 Å². The van der Waals surface area contributed by atoms with Gasteiger partial charge in [-0.3, -0.25) is 0 Å². The molecule has 0 spiro atoms. The van der Waals surface area contributed by atoms with Gasteiger partial charge < -0.3 is 29.6 Å². The SMILES string of the molecule is COc1ccc2[nH]c3c(c2c1)CC[NH2+][C@H]3C1=C(O)OC(C)(C)OC1=O. The average molecular weight is 345 g/mol. The van der Waals surface area contributed by atoms with Gasteiger partial charge in [0.05, 0.1) is 19.3 Å². The summed E-state index contributed by atoms with van der Waals surface area (Å²) < 4.78 is 16.0. The number of aliphatic hydroxyl groups excluding tert-OH is 1. The summed E-state index contributed by atoms with van der Waals surface area (Å²) in [6.45, 7) is 3.96. The van der Waals surface area contributed by atoms with Crippen LogP contribution in [0.15, 0.2) is 29.7 Å². The van der Waals surface area contributed by atoms with Crippen molar-refractivity contribution in [2.24, 2.45) is 0 Å². The monoisotopic (exact) mass is 345 g/mol. The highest BCUT2D eigenvalue weighted by Crippen LogP contribution is 2.36. The van der Waals surface area contributed by atoms with Crippen molar-refractivity contribution in [2.75, 3.05) is 13.7 Å². The number of esters is 1. The number of aromatic amines is 1. The van der Waals surface area contributed by atoms with Gasteiger partial charge in [0.15, 0.2) is 11.6 Å². The first-order chi connectivity index (χ1) is 11.9. The second-order valence-electron chi connectivity index (χ2n) is 6.79. The van der Waals surface area contributed by atoms with Gasteiger partial charge in [-0.2, -0.15) is 0 Å². The molecule has 2 aliphatic heterocycles. The summed E-state index contributed by atoms with van der Waals surface area (Å²) in [6.07, 6.45) is 0.856. The number of ether oxygens (including phenoxy) is 3. The largest absolute Gasteiger partial charge is 0.497 e. The van der Waals surface area contributed by atoms with Gasteiger partial charge in [-0.05, 0) is 23.8 Å². The Balaban J connectivity index is 1.84. The van der Waals surface area contributed by atoms with Crippen molar-refractivity contribution < 1.29 is 29.4 Å². The summed E-state index contributed by atoms with van der Waals surface area (Å²) in [6, 6.07) is 5.43. The Morgan fingerprint density at radius 1 is 1.36 bits per heavy atom. The smallest absolute Gasteiger partial charge is 0.351 e. The molecule has 1 aromatic heterocycles. The maximum atomic E-state index is 12.5. The van der Waals surface area contributed by atoms with Crippen LogP contribution in [0.2, 0.25) is 0 Å². The van der Waals surface area contributed by atoms with Crippen LogP contribution in [0.3, 0.4) is 0 Å². The number of aromatic nitrogens is 1. The van der Waals surface area contributed by atoms with Gasteiger partial charge in [0.25, 0.3) is 11.7 Å². The Morgan fingerprint density at radius 2 is 2.16 bits per heavy atom. The predicted octanol–water partition coefficient (Wildman–Crippen LogP) is 1.42. The molecule has 0 unspecified atom stereocenters. The fourth-order valence-corrected chi connectivity index (χ4v) is 3.62. The van der Waals surface area contributed by atoms with Gasteiger partial charge in [0, 0.05) is 31.2 Å². The molecule has 2 aromatic rings. The molecule has 0 fully saturated rings. The Hall–Kier alpha value is -2.67. The van der Waals surface area contributed by atoms with Crippen LogP contribution in [0.25, 0.3) is 10.9 Å². The third-order valence-electron chi connectivity index (χ3n) is 4.70. The first kappa shape index (κ1) is 15.8. The van der Waals surface area contributed by atoms with Gasteiger partial charge in [-0.1, -0.05) is 0 Å². The topological polar surface area (TPSA) is 97.4 Å². The molecule has 0 saturated carbocycles. The summed E-state index contributed by atoms with van der Waals surface area (Å²) >= 11 is 0. The van der Waals surface area contributed by atoms with Crippen LogP contribution in [0.5, 0.6) is 5.75 Å². The fraction of sp³-hybridized carbons (Fsp3) is 0.389. The van der Waals surface area contributed by atoms with Crippen molar-refractivity contribution in [1.82, 2.24) is 4.98 Å². The third-order valence-corrected chi connectivity index (χ3v) is 4.70. The quantitative estimate of drug-likeness (QED) is 0.715. The highest BCUT2D eigenvalue weighted by atomic mass is 16.8. The first-order valence-electron chi connectivity index (χ1n) is 8.27. The van der Waals surface area contributed by atoms with E-state index in [4.69, 9.17) is 14.2 Å². The molecule has 0 amide bonds. The number of nitrogens with one attached hydrogen (secondary N) is 1. The van der Waals surface area contributed by atoms with E-state index in [0.717, 1.165) is 40.9 Å². The van der Waals surface area contributed by atoms with Crippen LogP contribution in [-0.2, 0) is 20.7 Å². The molecule has 7 heteroatoms. The molecule has 1 atom stereocenters. The van der Waals surface area contributed by atoms with E-state index >= 15 is 0 Å². The second-order valence-corrected chi connectivity index (χ2v) is 6.79. The Kier molecular flexibility index (Phi) is 3.43. The van der Waals surface area contributed by atoms with Crippen molar-refractivity contribution in [3.8, 4) is 5.75 Å². The number of nitrogens with two attached hydrogens (primary N) is 1. The number of carbonyl (C=O) groups is 1. The molecule has 4 N–H and O–H groups in total. The number of quaternary nitrogens is 1. The first-order valence-corrected chi connectivity index (χ1v) is 8.27. The van der Waals surface area contributed by atoms with Crippen LogP contribution < -0.4 is 10.1 Å². The molecule has 0 saturated heterocycles. The molecule has 25 heavy (non-hydrogen) atoms. The lowest BCUT2D eigenvalue weighted by molar-refractivity contribution is -0.691. The molecule has 132 valence electrons. The van der Waals surface area contributed by atoms with Crippen LogP contribution in [0.1, 0.15) is 31.1 Å². The van der Waals surface area contributed by atoms with E-state index in [1.54, 1.807) is 21.0 Å². The maximum absolute atomic E-state index is 12.5. The van der Waals surface area contributed by atoms with E-state index in [2.05, 4.69) is 4.98 Å². The number of cyclic esters (lactones) is 1. The van der Waals surface area contributed by atoms with Gasteiger partial charge in [0.2, 0.25) is 0 Å². The van der Waals surface area contributed by atoms with E-state index in [1.165, 1.54) is 0 Å². The average Bonchev–Trinajstić information content (AvgIpc) is 2.91. The van der Waals surface area contributed by atoms with Crippen molar-refractivity contribution in [3.63, 3.8) is 0 Å². The number of fused-ring (bicyclic) bond motifs is 3. The van der Waals surface area contributed by atoms with Gasteiger partial charge in [0.1, 0.15) is 5.75 Å². The van der Waals surface area contributed by atoms with Crippen LogP contribution in [0.4, 0.5) is 0 Å². The summed E-state index contributed by atoms with van der Waals surface area (Å²) in [5, 5.41) is 13.4. The number of hydrogen-bond acceptors (Lipinski definition) is 5. The Bertz CT molecular complexity index is 896. The lowest BCUT2D eigenvalue weighted by Crippen LogP contribution is -2.88. The number of benzene rings is 1. The van der Waals surface area contributed by atoms with E-state index < -0.39 is 17.8 Å². The third kappa shape index (κ3) is 2.51. The molecule has 1 aromatic carbocycles. The second kappa shape index (κ2) is 5.42. The summed E-state index contributed by atoms with van der Waals surface area (Å²) in [5.41, 5.74) is 3.12. The number of carbonyl (C=O) groups excluding carboxylic acids is 1. The van der Waals surface area contributed by atoms with Crippen molar-refractivity contribution in [1.29, 1.82) is 0 Å². The lowest BCUT2D eigenvalue weighted by atomic mass is 9.94. The number of aliphatic hydroxyl groups is 1. The molecular formula is C18H21N2O5+. The Labute approximate surface area is 144 Å². The van der Waals surface area contributed by atoms with Gasteiger partial charge >= 0.3 is 5.97 Å². The summed E-state index contributed by atoms with van der Waals surface area (Å²) in [5.74, 6) is -1.31. The highest BCUT2D eigenvalue weighted by Gasteiger charge is 2.44. The zero-order valence-corrected chi connectivity index (χ0v) is 14.4. The summed E-state index contributed by atoms with van der Waals surface area (Å²) in [4.78, 5) is 15.9. The molecule has 3 heterocycles. The molecule has 0 radical (unpaired) electrons. The van der Waals surface area contributed by atoms with Crippen molar-refractivity contribution >= 4 is 16.9 Å². The molecule has 4 rings (SSSR count). The lowest BCUT2D eigenvalue weighted by Gasteiger charge is -2.33. The highest BCUT2D eigenvalue weighted by molar-refractivity contribution is 5.92. The van der Waals surface area contributed by atoms with Crippen LogP contribution in [0, 0.1) is 0 Å².